The second kappa shape index (κ2) is 23.7. The molecule has 1 N–H and O–H groups in total. The molecule has 0 saturated heterocycles. The minimum atomic E-state index is -0.616. The zero-order valence-corrected chi connectivity index (χ0v) is 19.9. The van der Waals surface area contributed by atoms with Crippen LogP contribution < -0.4 is 0 Å². The smallest absolute Gasteiger partial charge is 0.306 e. The second-order valence-electron chi connectivity index (χ2n) is 8.85. The molecular weight excluding hydrogens is 360 g/mol. The summed E-state index contributed by atoms with van der Waals surface area (Å²) in [6.07, 6.45) is 25.4. The lowest BCUT2D eigenvalue weighted by Gasteiger charge is -2.08. The first-order valence-corrected chi connectivity index (χ1v) is 13.0. The molecule has 0 aliphatic carbocycles. The quantitative estimate of drug-likeness (QED) is 0.161. The molecule has 0 aromatic carbocycles. The van der Waals surface area contributed by atoms with Crippen LogP contribution in [0.25, 0.3) is 0 Å². The largest absolute Gasteiger partial charge is 0.481 e. The SMILES string of the molecule is CCCCCCOCCCCCCCCCCCCCCCCC(CC)C(=O)O. The zero-order valence-electron chi connectivity index (χ0n) is 19.9. The Labute approximate surface area is 182 Å². The van der Waals surface area contributed by atoms with Gasteiger partial charge in [0.2, 0.25) is 0 Å². The van der Waals surface area contributed by atoms with Crippen molar-refractivity contribution < 1.29 is 14.6 Å². The van der Waals surface area contributed by atoms with E-state index in [4.69, 9.17) is 9.84 Å². The van der Waals surface area contributed by atoms with Crippen LogP contribution in [0.2, 0.25) is 0 Å². The van der Waals surface area contributed by atoms with Crippen molar-refractivity contribution in [3.63, 3.8) is 0 Å². The van der Waals surface area contributed by atoms with Crippen molar-refractivity contribution in [2.24, 2.45) is 5.92 Å². The number of hydrogen-bond donors (Lipinski definition) is 1. The molecule has 0 amide bonds. The molecular formula is C26H52O3. The molecule has 0 aliphatic rings. The zero-order chi connectivity index (χ0) is 21.4. The van der Waals surface area contributed by atoms with Crippen LogP contribution in [0.15, 0.2) is 0 Å². The van der Waals surface area contributed by atoms with Gasteiger partial charge in [0.05, 0.1) is 5.92 Å². The third kappa shape index (κ3) is 21.9. The standard InChI is InChI=1S/C26H52O3/c1-3-5-6-20-23-29-24-21-18-16-14-12-10-8-7-9-11-13-15-17-19-22-25(4-2)26(27)28/h25H,3-24H2,1-2H3,(H,27,28). The maximum Gasteiger partial charge on any atom is 0.306 e. The van der Waals surface area contributed by atoms with E-state index in [1.165, 1.54) is 109 Å². The van der Waals surface area contributed by atoms with Gasteiger partial charge in [-0.25, -0.2) is 0 Å². The lowest BCUT2D eigenvalue weighted by Crippen LogP contribution is -2.12. The molecule has 0 rings (SSSR count). The van der Waals surface area contributed by atoms with E-state index in [0.29, 0.717) is 0 Å². The van der Waals surface area contributed by atoms with Gasteiger partial charge in [-0.05, 0) is 25.7 Å². The van der Waals surface area contributed by atoms with Gasteiger partial charge in [0.1, 0.15) is 0 Å². The number of rotatable bonds is 24. The minimum Gasteiger partial charge on any atom is -0.481 e. The summed E-state index contributed by atoms with van der Waals surface area (Å²) in [5.74, 6) is -0.738. The fourth-order valence-corrected chi connectivity index (χ4v) is 3.95. The van der Waals surface area contributed by atoms with Gasteiger partial charge in [0.25, 0.3) is 0 Å². The molecule has 0 fully saturated rings. The highest BCUT2D eigenvalue weighted by molar-refractivity contribution is 5.69. The number of carboxylic acid groups (broad SMARTS) is 1. The van der Waals surface area contributed by atoms with Gasteiger partial charge in [-0.2, -0.15) is 0 Å². The Hall–Kier alpha value is -0.570. The van der Waals surface area contributed by atoms with E-state index in [2.05, 4.69) is 6.92 Å². The van der Waals surface area contributed by atoms with Gasteiger partial charge in [0, 0.05) is 13.2 Å². The number of carbonyl (C=O) groups is 1. The van der Waals surface area contributed by atoms with Crippen LogP contribution in [0.4, 0.5) is 0 Å². The predicted molar refractivity (Wildman–Crippen MR) is 126 cm³/mol. The van der Waals surface area contributed by atoms with Crippen molar-refractivity contribution in [3.8, 4) is 0 Å². The normalized spacial score (nSPS) is 12.3. The fourth-order valence-electron chi connectivity index (χ4n) is 3.95. The number of carboxylic acids is 1. The maximum absolute atomic E-state index is 11.0. The third-order valence-electron chi connectivity index (χ3n) is 6.08. The summed E-state index contributed by atoms with van der Waals surface area (Å²) in [6, 6.07) is 0. The van der Waals surface area contributed by atoms with Crippen LogP contribution in [0.1, 0.15) is 142 Å². The first kappa shape index (κ1) is 28.4. The summed E-state index contributed by atoms with van der Waals surface area (Å²) in [5.41, 5.74) is 0. The Morgan fingerprint density at radius 2 is 1.00 bits per heavy atom. The van der Waals surface area contributed by atoms with Gasteiger partial charge in [-0.15, -0.1) is 0 Å². The Balaban J connectivity index is 3.09. The first-order chi connectivity index (χ1) is 14.2. The average molecular weight is 413 g/mol. The fraction of sp³-hybridized carbons (Fsp3) is 0.962. The lowest BCUT2D eigenvalue weighted by atomic mass is 9.98. The van der Waals surface area contributed by atoms with Crippen molar-refractivity contribution in [2.45, 2.75) is 142 Å². The van der Waals surface area contributed by atoms with Crippen molar-refractivity contribution in [2.75, 3.05) is 13.2 Å². The van der Waals surface area contributed by atoms with Gasteiger partial charge < -0.3 is 9.84 Å². The average Bonchev–Trinajstić information content (AvgIpc) is 2.71. The van der Waals surface area contributed by atoms with Crippen LogP contribution in [0, 0.1) is 5.92 Å². The topological polar surface area (TPSA) is 46.5 Å². The van der Waals surface area contributed by atoms with E-state index in [0.717, 1.165) is 32.5 Å². The number of aliphatic carboxylic acids is 1. The minimum absolute atomic E-state index is 0.122. The second-order valence-corrected chi connectivity index (χ2v) is 8.85. The van der Waals surface area contributed by atoms with Gasteiger partial charge in [-0.1, -0.05) is 117 Å². The Morgan fingerprint density at radius 3 is 1.38 bits per heavy atom. The molecule has 0 bridgehead atoms. The van der Waals surface area contributed by atoms with Crippen LogP contribution in [-0.2, 0) is 9.53 Å². The summed E-state index contributed by atoms with van der Waals surface area (Å²) in [7, 11) is 0. The predicted octanol–water partition coefficient (Wildman–Crippen LogP) is 8.55. The van der Waals surface area contributed by atoms with Crippen LogP contribution >= 0.6 is 0 Å². The third-order valence-corrected chi connectivity index (χ3v) is 6.08. The van der Waals surface area contributed by atoms with E-state index >= 15 is 0 Å². The van der Waals surface area contributed by atoms with Gasteiger partial charge >= 0.3 is 5.97 Å². The number of unbranched alkanes of at least 4 members (excludes halogenated alkanes) is 16. The van der Waals surface area contributed by atoms with E-state index < -0.39 is 5.97 Å². The van der Waals surface area contributed by atoms with Crippen molar-refractivity contribution in [1.82, 2.24) is 0 Å². The lowest BCUT2D eigenvalue weighted by molar-refractivity contribution is -0.142. The molecule has 1 unspecified atom stereocenters. The molecule has 1 atom stereocenters. The van der Waals surface area contributed by atoms with Crippen LogP contribution in [0.3, 0.4) is 0 Å². The highest BCUT2D eigenvalue weighted by Gasteiger charge is 2.13. The Bertz CT molecular complexity index is 330. The molecule has 0 radical (unpaired) electrons. The monoisotopic (exact) mass is 412 g/mol. The summed E-state index contributed by atoms with van der Waals surface area (Å²) in [4.78, 5) is 11.0. The van der Waals surface area contributed by atoms with Gasteiger partial charge in [-0.3, -0.25) is 4.79 Å². The molecule has 29 heavy (non-hydrogen) atoms. The Morgan fingerprint density at radius 1 is 0.621 bits per heavy atom. The van der Waals surface area contributed by atoms with Crippen molar-refractivity contribution in [3.05, 3.63) is 0 Å². The first-order valence-electron chi connectivity index (χ1n) is 13.0. The van der Waals surface area contributed by atoms with E-state index in [1.807, 2.05) is 6.92 Å². The molecule has 0 spiro atoms. The van der Waals surface area contributed by atoms with E-state index in [9.17, 15) is 4.79 Å². The highest BCUT2D eigenvalue weighted by atomic mass is 16.5. The molecule has 0 aromatic heterocycles. The summed E-state index contributed by atoms with van der Waals surface area (Å²) in [6.45, 7) is 6.15. The molecule has 0 aliphatic heterocycles. The van der Waals surface area contributed by atoms with E-state index in [-0.39, 0.29) is 5.92 Å². The molecule has 3 nitrogen and oxygen atoms in total. The number of ether oxygens (including phenoxy) is 1. The van der Waals surface area contributed by atoms with Crippen LogP contribution in [0.5, 0.6) is 0 Å². The van der Waals surface area contributed by atoms with Crippen LogP contribution in [-0.4, -0.2) is 24.3 Å². The summed E-state index contributed by atoms with van der Waals surface area (Å²) in [5, 5.41) is 9.03. The number of hydrogen-bond acceptors (Lipinski definition) is 2. The Kier molecular flexibility index (Phi) is 23.2. The van der Waals surface area contributed by atoms with Crippen molar-refractivity contribution in [1.29, 1.82) is 0 Å². The summed E-state index contributed by atoms with van der Waals surface area (Å²) < 4.78 is 5.70. The van der Waals surface area contributed by atoms with Crippen molar-refractivity contribution >= 4 is 5.97 Å². The maximum atomic E-state index is 11.0. The molecule has 0 aromatic rings. The molecule has 0 saturated carbocycles. The van der Waals surface area contributed by atoms with Gasteiger partial charge in [0.15, 0.2) is 0 Å². The molecule has 3 heteroatoms. The summed E-state index contributed by atoms with van der Waals surface area (Å²) >= 11 is 0. The molecule has 0 heterocycles. The van der Waals surface area contributed by atoms with E-state index in [1.54, 1.807) is 0 Å². The highest BCUT2D eigenvalue weighted by Crippen LogP contribution is 2.16. The molecule has 174 valence electrons.